The van der Waals surface area contributed by atoms with Crippen LogP contribution in [-0.2, 0) is 0 Å². The third kappa shape index (κ3) is 2.23. The van der Waals surface area contributed by atoms with E-state index in [1.54, 1.807) is 0 Å². The van der Waals surface area contributed by atoms with Gasteiger partial charge >= 0.3 is 6.36 Å². The first-order valence-corrected chi connectivity index (χ1v) is 4.64. The predicted molar refractivity (Wildman–Crippen MR) is 50.5 cm³/mol. The molecule has 0 fully saturated rings. The van der Waals surface area contributed by atoms with Gasteiger partial charge in [-0.2, -0.15) is 5.10 Å². The van der Waals surface area contributed by atoms with Crippen LogP contribution in [0.15, 0.2) is 22.8 Å². The smallest absolute Gasteiger partial charge is 0.406 e. The second-order valence-electron chi connectivity index (χ2n) is 2.76. The molecular weight excluding hydrogens is 277 g/mol. The highest BCUT2D eigenvalue weighted by Gasteiger charge is 2.31. The summed E-state index contributed by atoms with van der Waals surface area (Å²) in [5, 5.41) is 7.08. The van der Waals surface area contributed by atoms with Gasteiger partial charge in [0.1, 0.15) is 10.4 Å². The Morgan fingerprint density at radius 1 is 1.33 bits per heavy atom. The lowest BCUT2D eigenvalue weighted by molar-refractivity contribution is -0.274. The Balaban J connectivity index is 2.39. The number of hydrogen-bond acceptors (Lipinski definition) is 2. The molecule has 1 N–H and O–H groups in total. The van der Waals surface area contributed by atoms with E-state index in [0.29, 0.717) is 15.5 Å². The number of halogens is 4. The Morgan fingerprint density at radius 2 is 2.07 bits per heavy atom. The van der Waals surface area contributed by atoms with Gasteiger partial charge in [-0.15, -0.1) is 13.2 Å². The third-order valence-corrected chi connectivity index (χ3v) is 2.32. The number of hydrogen-bond donors (Lipinski definition) is 1. The van der Waals surface area contributed by atoms with E-state index in [1.807, 2.05) is 0 Å². The lowest BCUT2D eigenvalue weighted by atomic mass is 10.2. The van der Waals surface area contributed by atoms with Crippen molar-refractivity contribution >= 4 is 26.8 Å². The number of H-pyrrole nitrogens is 1. The molecule has 2 rings (SSSR count). The molecule has 2 aromatic rings. The van der Waals surface area contributed by atoms with Crippen LogP contribution in [0, 0.1) is 0 Å². The van der Waals surface area contributed by atoms with E-state index in [-0.39, 0.29) is 5.75 Å². The summed E-state index contributed by atoms with van der Waals surface area (Å²) in [5.74, 6) is -0.283. The van der Waals surface area contributed by atoms with Gasteiger partial charge in [0.15, 0.2) is 0 Å². The van der Waals surface area contributed by atoms with Gasteiger partial charge < -0.3 is 4.74 Å². The van der Waals surface area contributed by atoms with Crippen LogP contribution in [0.2, 0.25) is 0 Å². The van der Waals surface area contributed by atoms with E-state index >= 15 is 0 Å². The summed E-state index contributed by atoms with van der Waals surface area (Å²) in [7, 11) is 0. The van der Waals surface area contributed by atoms with Crippen LogP contribution < -0.4 is 4.74 Å². The molecule has 0 atom stereocenters. The van der Waals surface area contributed by atoms with Crippen molar-refractivity contribution in [3.8, 4) is 5.75 Å². The van der Waals surface area contributed by atoms with E-state index in [9.17, 15) is 13.2 Å². The fourth-order valence-electron chi connectivity index (χ4n) is 1.16. The number of fused-ring (bicyclic) bond motifs is 1. The number of benzene rings is 1. The van der Waals surface area contributed by atoms with E-state index in [0.717, 1.165) is 0 Å². The Hall–Kier alpha value is -1.24. The van der Waals surface area contributed by atoms with Gasteiger partial charge in [0, 0.05) is 11.5 Å². The number of alkyl halides is 3. The van der Waals surface area contributed by atoms with Gasteiger partial charge in [0.25, 0.3) is 0 Å². The lowest BCUT2D eigenvalue weighted by Crippen LogP contribution is -2.16. The Morgan fingerprint density at radius 3 is 2.73 bits per heavy atom. The summed E-state index contributed by atoms with van der Waals surface area (Å²) in [6.45, 7) is 0. The molecule has 7 heteroatoms. The first kappa shape index (κ1) is 10.3. The highest BCUT2D eigenvalue weighted by atomic mass is 79.9. The van der Waals surface area contributed by atoms with Crippen molar-refractivity contribution in [1.29, 1.82) is 0 Å². The maximum absolute atomic E-state index is 11.9. The minimum absolute atomic E-state index is 0.283. The largest absolute Gasteiger partial charge is 0.573 e. The molecule has 0 aliphatic carbocycles. The first-order chi connectivity index (χ1) is 6.96. The van der Waals surface area contributed by atoms with Crippen molar-refractivity contribution in [2.45, 2.75) is 6.36 Å². The molecule has 3 nitrogen and oxygen atoms in total. The Labute approximate surface area is 90.4 Å². The van der Waals surface area contributed by atoms with Gasteiger partial charge in [-0.25, -0.2) is 0 Å². The summed E-state index contributed by atoms with van der Waals surface area (Å²) in [6.07, 6.45) is -4.68. The zero-order valence-corrected chi connectivity index (χ0v) is 8.69. The fourth-order valence-corrected chi connectivity index (χ4v) is 1.58. The van der Waals surface area contributed by atoms with Crippen LogP contribution in [0.4, 0.5) is 13.2 Å². The molecule has 0 spiro atoms. The highest BCUT2D eigenvalue weighted by molar-refractivity contribution is 9.10. The van der Waals surface area contributed by atoms with Crippen molar-refractivity contribution in [1.82, 2.24) is 10.2 Å². The molecule has 0 aliphatic rings. The minimum atomic E-state index is -4.68. The summed E-state index contributed by atoms with van der Waals surface area (Å²) in [5.41, 5.74) is 0.406. The van der Waals surface area contributed by atoms with Gasteiger partial charge in [-0.1, -0.05) is 0 Å². The molecular formula is C8H4BrF3N2O. The first-order valence-electron chi connectivity index (χ1n) is 3.85. The number of aromatic amines is 1. The standard InChI is InChI=1S/C8H4BrF3N2O/c9-7-5-2-1-4(15-8(10,11)12)3-6(5)13-14-7/h1-3H,(H,13,14). The summed E-state index contributed by atoms with van der Waals surface area (Å²) >= 11 is 3.17. The maximum atomic E-state index is 11.9. The highest BCUT2D eigenvalue weighted by Crippen LogP contribution is 2.28. The average molecular weight is 281 g/mol. The molecule has 0 saturated heterocycles. The predicted octanol–water partition coefficient (Wildman–Crippen LogP) is 3.22. The van der Waals surface area contributed by atoms with Crippen molar-refractivity contribution < 1.29 is 17.9 Å². The van der Waals surface area contributed by atoms with Crippen LogP contribution in [0.5, 0.6) is 5.75 Å². The van der Waals surface area contributed by atoms with Crippen molar-refractivity contribution in [3.63, 3.8) is 0 Å². The topological polar surface area (TPSA) is 37.9 Å². The van der Waals surface area contributed by atoms with Crippen LogP contribution in [0.3, 0.4) is 0 Å². The van der Waals surface area contributed by atoms with Gasteiger partial charge in [-0.05, 0) is 28.1 Å². The zero-order valence-electron chi connectivity index (χ0n) is 7.10. The minimum Gasteiger partial charge on any atom is -0.406 e. The van der Waals surface area contributed by atoms with Crippen molar-refractivity contribution in [3.05, 3.63) is 22.8 Å². The van der Waals surface area contributed by atoms with Crippen LogP contribution in [0.25, 0.3) is 10.9 Å². The average Bonchev–Trinajstić information content (AvgIpc) is 2.45. The van der Waals surface area contributed by atoms with E-state index in [1.165, 1.54) is 18.2 Å². The molecule has 1 aromatic carbocycles. The number of nitrogens with zero attached hydrogens (tertiary/aromatic N) is 1. The number of aromatic nitrogens is 2. The van der Waals surface area contributed by atoms with Crippen LogP contribution in [0.1, 0.15) is 0 Å². The van der Waals surface area contributed by atoms with Crippen LogP contribution in [-0.4, -0.2) is 16.6 Å². The molecule has 0 amide bonds. The van der Waals surface area contributed by atoms with Crippen molar-refractivity contribution in [2.75, 3.05) is 0 Å². The van der Waals surface area contributed by atoms with E-state index < -0.39 is 6.36 Å². The fraction of sp³-hybridized carbons (Fsp3) is 0.125. The van der Waals surface area contributed by atoms with Crippen LogP contribution >= 0.6 is 15.9 Å². The normalized spacial score (nSPS) is 12.0. The van der Waals surface area contributed by atoms with Gasteiger partial charge in [0.2, 0.25) is 0 Å². The van der Waals surface area contributed by atoms with Gasteiger partial charge in [-0.3, -0.25) is 5.10 Å². The molecule has 15 heavy (non-hydrogen) atoms. The second-order valence-corrected chi connectivity index (χ2v) is 3.56. The van der Waals surface area contributed by atoms with E-state index in [4.69, 9.17) is 0 Å². The summed E-state index contributed by atoms with van der Waals surface area (Å²) < 4.78 is 40.0. The lowest BCUT2D eigenvalue weighted by Gasteiger charge is -2.07. The Kier molecular flexibility index (Phi) is 2.34. The summed E-state index contributed by atoms with van der Waals surface area (Å²) in [4.78, 5) is 0. The monoisotopic (exact) mass is 280 g/mol. The van der Waals surface area contributed by atoms with E-state index in [2.05, 4.69) is 30.9 Å². The second kappa shape index (κ2) is 3.41. The molecule has 0 unspecified atom stereocenters. The molecule has 0 radical (unpaired) electrons. The summed E-state index contributed by atoms with van der Waals surface area (Å²) in [6, 6.07) is 3.93. The number of rotatable bonds is 1. The molecule has 80 valence electrons. The maximum Gasteiger partial charge on any atom is 0.573 e. The van der Waals surface area contributed by atoms with Crippen molar-refractivity contribution in [2.24, 2.45) is 0 Å². The molecule has 0 aliphatic heterocycles. The van der Waals surface area contributed by atoms with Gasteiger partial charge in [0.05, 0.1) is 5.52 Å². The Bertz CT molecular complexity index is 494. The zero-order chi connectivity index (χ0) is 11.1. The quantitative estimate of drug-likeness (QED) is 0.871. The molecule has 1 aromatic heterocycles. The molecule has 1 heterocycles. The third-order valence-electron chi connectivity index (χ3n) is 1.71. The number of ether oxygens (including phenoxy) is 1. The molecule has 0 saturated carbocycles. The molecule has 0 bridgehead atoms. The number of nitrogens with one attached hydrogen (secondary N) is 1. The SMILES string of the molecule is FC(F)(F)Oc1ccc2c(Br)[nH]nc2c1.